The highest BCUT2D eigenvalue weighted by molar-refractivity contribution is 7.75. The van der Waals surface area contributed by atoms with Gasteiger partial charge in [0.15, 0.2) is 0 Å². The average molecular weight is 226 g/mol. The molecule has 0 spiro atoms. The van der Waals surface area contributed by atoms with Crippen LogP contribution in [0.15, 0.2) is 24.2 Å². The second kappa shape index (κ2) is 7.49. The molecule has 0 fully saturated rings. The zero-order valence-electron chi connectivity index (χ0n) is 7.96. The van der Waals surface area contributed by atoms with Gasteiger partial charge in [0.25, 0.3) is 0 Å². The van der Waals surface area contributed by atoms with E-state index in [2.05, 4.69) is 8.37 Å². The molecule has 0 saturated heterocycles. The average Bonchev–Trinajstić information content (AvgIpc) is 2.22. The van der Waals surface area contributed by atoms with E-state index in [4.69, 9.17) is 0 Å². The third kappa shape index (κ3) is 6.59. The summed E-state index contributed by atoms with van der Waals surface area (Å²) < 4.78 is 44.1. The van der Waals surface area contributed by atoms with E-state index in [1.165, 1.54) is 0 Å². The molecule has 82 valence electrons. The van der Waals surface area contributed by atoms with Crippen molar-refractivity contribution in [1.29, 1.82) is 0 Å². The largest absolute Gasteiger partial charge is 0.416 e. The first-order valence-corrected chi connectivity index (χ1v) is 5.05. The van der Waals surface area contributed by atoms with E-state index in [0.717, 1.165) is 0 Å². The Morgan fingerprint density at radius 3 is 1.79 bits per heavy atom. The van der Waals surface area contributed by atoms with E-state index in [1.807, 2.05) is 0 Å². The molecule has 0 unspecified atom stereocenters. The van der Waals surface area contributed by atoms with Crippen molar-refractivity contribution in [2.45, 2.75) is 26.7 Å². The Hall–Kier alpha value is -0.910. The second-order valence-electron chi connectivity index (χ2n) is 2.23. The Bertz CT molecular complexity index is 227. The van der Waals surface area contributed by atoms with Crippen LogP contribution in [0, 0.1) is 0 Å². The van der Waals surface area contributed by atoms with Crippen LogP contribution in [0.5, 0.6) is 0 Å². The second-order valence-corrected chi connectivity index (χ2v) is 3.03. The molecule has 0 saturated carbocycles. The molecular weight excluding hydrogens is 214 g/mol. The molecule has 0 bridgehead atoms. The lowest BCUT2D eigenvalue weighted by Gasteiger charge is -1.97. The van der Waals surface area contributed by atoms with Crippen LogP contribution in [0.4, 0.5) is 8.78 Å². The molecule has 14 heavy (non-hydrogen) atoms. The Labute approximate surface area is 84.3 Å². The molecule has 0 N–H and O–H groups in total. The van der Waals surface area contributed by atoms with Crippen molar-refractivity contribution < 1.29 is 21.4 Å². The van der Waals surface area contributed by atoms with E-state index in [9.17, 15) is 13.0 Å². The topological polar surface area (TPSA) is 35.5 Å². The van der Waals surface area contributed by atoms with Gasteiger partial charge in [-0.2, -0.15) is 4.21 Å². The molecular formula is C8H12F2O3S. The molecule has 0 rings (SSSR count). The summed E-state index contributed by atoms with van der Waals surface area (Å²) in [7, 11) is 0. The molecule has 0 atom stereocenters. The predicted molar refractivity (Wildman–Crippen MR) is 49.3 cm³/mol. The quantitative estimate of drug-likeness (QED) is 0.653. The van der Waals surface area contributed by atoms with Gasteiger partial charge in [-0.25, -0.2) is 8.78 Å². The van der Waals surface area contributed by atoms with Crippen molar-refractivity contribution in [2.24, 2.45) is 0 Å². The molecule has 0 aromatic rings. The van der Waals surface area contributed by atoms with Crippen LogP contribution in [0.1, 0.15) is 26.7 Å². The summed E-state index contributed by atoms with van der Waals surface area (Å²) in [5.74, 6) is -1.14. The van der Waals surface area contributed by atoms with Crippen molar-refractivity contribution in [1.82, 2.24) is 0 Å². The van der Waals surface area contributed by atoms with E-state index >= 15 is 0 Å². The summed E-state index contributed by atoms with van der Waals surface area (Å²) in [6, 6.07) is 0. The van der Waals surface area contributed by atoms with Crippen molar-refractivity contribution in [3.8, 4) is 0 Å². The fraction of sp³-hybridized carbons (Fsp3) is 0.500. The first-order chi connectivity index (χ1) is 6.60. The van der Waals surface area contributed by atoms with Crippen LogP contribution in [0.3, 0.4) is 0 Å². The van der Waals surface area contributed by atoms with Crippen LogP contribution in [0.25, 0.3) is 0 Å². The van der Waals surface area contributed by atoms with Gasteiger partial charge in [-0.1, -0.05) is 13.8 Å². The van der Waals surface area contributed by atoms with Crippen molar-refractivity contribution >= 4 is 11.4 Å². The van der Waals surface area contributed by atoms with Gasteiger partial charge in [0.2, 0.25) is 0 Å². The predicted octanol–water partition coefficient (Wildman–Crippen LogP) is 3.04. The van der Waals surface area contributed by atoms with E-state index in [1.54, 1.807) is 13.8 Å². The minimum atomic E-state index is -2.20. The Morgan fingerprint density at radius 2 is 1.50 bits per heavy atom. The standard InChI is InChI=1S/C8H12F2O3S/c1-3-7(9)5-12-14(11)13-6-8(10)4-2/h5-6H,3-4H2,1-2H3. The van der Waals surface area contributed by atoms with Gasteiger partial charge in [0.05, 0.1) is 0 Å². The number of halogens is 2. The van der Waals surface area contributed by atoms with Gasteiger partial charge in [0.1, 0.15) is 24.2 Å². The lowest BCUT2D eigenvalue weighted by atomic mass is 10.4. The summed E-state index contributed by atoms with van der Waals surface area (Å²) in [4.78, 5) is 0. The molecule has 0 aliphatic heterocycles. The van der Waals surface area contributed by atoms with Crippen molar-refractivity contribution in [3.63, 3.8) is 0 Å². The van der Waals surface area contributed by atoms with Gasteiger partial charge in [0, 0.05) is 0 Å². The monoisotopic (exact) mass is 226 g/mol. The third-order valence-corrected chi connectivity index (χ3v) is 1.69. The van der Waals surface area contributed by atoms with Gasteiger partial charge in [-0.3, -0.25) is 0 Å². The van der Waals surface area contributed by atoms with Gasteiger partial charge in [-0.15, -0.1) is 0 Å². The van der Waals surface area contributed by atoms with Crippen molar-refractivity contribution in [2.75, 3.05) is 0 Å². The maximum absolute atomic E-state index is 12.4. The smallest absolute Gasteiger partial charge is 0.376 e. The third-order valence-electron chi connectivity index (χ3n) is 1.18. The molecule has 3 nitrogen and oxygen atoms in total. The van der Waals surface area contributed by atoms with Gasteiger partial charge >= 0.3 is 11.4 Å². The molecule has 0 radical (unpaired) electrons. The number of hydrogen-bond donors (Lipinski definition) is 0. The van der Waals surface area contributed by atoms with E-state index in [-0.39, 0.29) is 12.8 Å². The first-order valence-electron chi connectivity index (χ1n) is 4.05. The summed E-state index contributed by atoms with van der Waals surface area (Å²) in [6.07, 6.45) is 1.62. The van der Waals surface area contributed by atoms with Crippen LogP contribution < -0.4 is 0 Å². The van der Waals surface area contributed by atoms with Crippen LogP contribution >= 0.6 is 0 Å². The molecule has 0 amide bonds. The number of allylic oxidation sites excluding steroid dienone is 2. The maximum atomic E-state index is 12.4. The highest BCUT2D eigenvalue weighted by Gasteiger charge is 1.99. The molecule has 0 aromatic carbocycles. The molecule has 0 aliphatic carbocycles. The lowest BCUT2D eigenvalue weighted by Crippen LogP contribution is -1.93. The van der Waals surface area contributed by atoms with Crippen LogP contribution in [-0.2, 0) is 19.7 Å². The molecule has 0 aromatic heterocycles. The Morgan fingerprint density at radius 1 is 1.14 bits per heavy atom. The molecule has 6 heteroatoms. The Kier molecular flexibility index (Phi) is 7.00. The zero-order chi connectivity index (χ0) is 11.0. The SMILES string of the molecule is CCC(F)=COS(=O)OC=C(F)CC. The van der Waals surface area contributed by atoms with Crippen molar-refractivity contribution in [3.05, 3.63) is 24.2 Å². The summed E-state index contributed by atoms with van der Waals surface area (Å²) in [5, 5.41) is 0. The summed E-state index contributed by atoms with van der Waals surface area (Å²) in [5.41, 5.74) is 0. The maximum Gasteiger partial charge on any atom is 0.416 e. The van der Waals surface area contributed by atoms with Crippen LogP contribution in [0.2, 0.25) is 0 Å². The zero-order valence-corrected chi connectivity index (χ0v) is 8.77. The fourth-order valence-corrected chi connectivity index (χ4v) is 0.784. The minimum Gasteiger partial charge on any atom is -0.376 e. The van der Waals surface area contributed by atoms with Gasteiger partial charge in [-0.05, 0) is 12.8 Å². The van der Waals surface area contributed by atoms with Crippen LogP contribution in [-0.4, -0.2) is 4.21 Å². The fourth-order valence-electron chi connectivity index (χ4n) is 0.372. The summed E-state index contributed by atoms with van der Waals surface area (Å²) in [6.45, 7) is 3.13. The van der Waals surface area contributed by atoms with E-state index < -0.39 is 23.0 Å². The first kappa shape index (κ1) is 13.1. The normalized spacial score (nSPS) is 15.1. The number of hydrogen-bond acceptors (Lipinski definition) is 3. The highest BCUT2D eigenvalue weighted by Crippen LogP contribution is 2.05. The lowest BCUT2D eigenvalue weighted by molar-refractivity contribution is 0.371. The summed E-state index contributed by atoms with van der Waals surface area (Å²) >= 11 is -2.20. The highest BCUT2D eigenvalue weighted by atomic mass is 32.2. The van der Waals surface area contributed by atoms with E-state index in [0.29, 0.717) is 12.5 Å². The van der Waals surface area contributed by atoms with Gasteiger partial charge < -0.3 is 8.37 Å². The molecule has 0 aliphatic rings. The Balaban J connectivity index is 3.88. The number of rotatable bonds is 6. The molecule has 0 heterocycles. The minimum absolute atomic E-state index is 0.135.